The lowest BCUT2D eigenvalue weighted by Gasteiger charge is -2.31. The largest absolute Gasteiger partial charge is 0.314 e. The average molecular weight is 303 g/mol. The number of aromatic nitrogens is 3. The molecule has 1 aliphatic heterocycles. The summed E-state index contributed by atoms with van der Waals surface area (Å²) in [6.07, 6.45) is 5.26. The molecule has 0 saturated carbocycles. The molecular formula is C16H23N4S+. The molecule has 0 bridgehead atoms. The molecule has 0 amide bonds. The van der Waals surface area contributed by atoms with Gasteiger partial charge in [0.1, 0.15) is 0 Å². The Balaban J connectivity index is 1.80. The van der Waals surface area contributed by atoms with Gasteiger partial charge in [-0.2, -0.15) is 4.98 Å². The van der Waals surface area contributed by atoms with E-state index in [4.69, 9.17) is 12.2 Å². The van der Waals surface area contributed by atoms with Gasteiger partial charge in [-0.25, -0.2) is 4.68 Å². The maximum Gasteiger partial charge on any atom is 0.221 e. The van der Waals surface area contributed by atoms with E-state index in [1.807, 2.05) is 22.9 Å². The Morgan fingerprint density at radius 2 is 2.14 bits per heavy atom. The molecule has 2 N–H and O–H groups in total. The molecule has 2 aromatic rings. The molecular weight excluding hydrogens is 280 g/mol. The number of nitrogens with zero attached hydrogens (tertiary/aromatic N) is 2. The van der Waals surface area contributed by atoms with E-state index in [2.05, 4.69) is 29.1 Å². The zero-order chi connectivity index (χ0) is 14.7. The van der Waals surface area contributed by atoms with Crippen molar-refractivity contribution >= 4 is 12.2 Å². The molecule has 1 aliphatic rings. The van der Waals surface area contributed by atoms with Crippen LogP contribution in [0, 0.1) is 4.77 Å². The topological polar surface area (TPSA) is 38.0 Å². The quantitative estimate of drug-likeness (QED) is 0.851. The van der Waals surface area contributed by atoms with Gasteiger partial charge in [-0.3, -0.25) is 5.10 Å². The summed E-state index contributed by atoms with van der Waals surface area (Å²) in [5, 5.41) is 3.37. The third-order valence-corrected chi connectivity index (χ3v) is 4.77. The van der Waals surface area contributed by atoms with Crippen molar-refractivity contribution in [3.63, 3.8) is 0 Å². The second-order valence-corrected chi connectivity index (χ2v) is 6.18. The fraction of sp³-hybridized carbons (Fsp3) is 0.500. The van der Waals surface area contributed by atoms with Crippen molar-refractivity contribution in [2.45, 2.75) is 45.3 Å². The number of nitrogens with one attached hydrogen (secondary N) is 2. The first-order chi connectivity index (χ1) is 10.3. The average Bonchev–Trinajstić information content (AvgIpc) is 2.90. The first kappa shape index (κ1) is 14.5. The molecule has 112 valence electrons. The number of hydrogen-bond acceptors (Lipinski definition) is 2. The summed E-state index contributed by atoms with van der Waals surface area (Å²) in [6.45, 7) is 4.43. The zero-order valence-corrected chi connectivity index (χ0v) is 13.3. The number of aromatic amines is 1. The van der Waals surface area contributed by atoms with Crippen molar-refractivity contribution in [3.05, 3.63) is 35.1 Å². The number of rotatable bonds is 4. The van der Waals surface area contributed by atoms with Gasteiger partial charge in [0.2, 0.25) is 4.77 Å². The minimum Gasteiger partial charge on any atom is -0.314 e. The van der Waals surface area contributed by atoms with E-state index in [0.717, 1.165) is 24.1 Å². The highest BCUT2D eigenvalue weighted by molar-refractivity contribution is 7.71. The Morgan fingerprint density at radius 3 is 2.90 bits per heavy atom. The van der Waals surface area contributed by atoms with E-state index in [1.165, 1.54) is 32.2 Å². The molecule has 21 heavy (non-hydrogen) atoms. The number of piperidine rings is 1. The molecule has 4 nitrogen and oxygen atoms in total. The third-order valence-electron chi connectivity index (χ3n) is 4.46. The molecule has 5 heteroatoms. The second-order valence-electron chi connectivity index (χ2n) is 5.82. The summed E-state index contributed by atoms with van der Waals surface area (Å²) in [5.41, 5.74) is 1.09. The van der Waals surface area contributed by atoms with Crippen LogP contribution in [-0.4, -0.2) is 27.4 Å². The molecule has 0 radical (unpaired) electrons. The maximum absolute atomic E-state index is 5.42. The van der Waals surface area contributed by atoms with Crippen LogP contribution in [0.15, 0.2) is 30.3 Å². The van der Waals surface area contributed by atoms with Crippen LogP contribution >= 0.6 is 12.2 Å². The van der Waals surface area contributed by atoms with E-state index in [1.54, 1.807) is 4.90 Å². The number of hydrogen-bond donors (Lipinski definition) is 2. The van der Waals surface area contributed by atoms with E-state index in [0.29, 0.717) is 4.77 Å². The molecule has 2 atom stereocenters. The summed E-state index contributed by atoms with van der Waals surface area (Å²) in [5.74, 6) is 0.866. The predicted octanol–water partition coefficient (Wildman–Crippen LogP) is 2.41. The van der Waals surface area contributed by atoms with Gasteiger partial charge in [-0.1, -0.05) is 37.3 Å². The van der Waals surface area contributed by atoms with Gasteiger partial charge in [0.25, 0.3) is 0 Å². The number of H-pyrrole nitrogens is 1. The van der Waals surface area contributed by atoms with Crippen molar-refractivity contribution in [2.24, 2.45) is 0 Å². The fourth-order valence-electron chi connectivity index (χ4n) is 3.24. The van der Waals surface area contributed by atoms with Crippen LogP contribution in [0.3, 0.4) is 0 Å². The van der Waals surface area contributed by atoms with E-state index >= 15 is 0 Å². The molecule has 1 aromatic heterocycles. The number of likely N-dealkylation sites (tertiary alicyclic amines) is 1. The zero-order valence-electron chi connectivity index (χ0n) is 12.5. The monoisotopic (exact) mass is 303 g/mol. The number of quaternary nitrogens is 1. The van der Waals surface area contributed by atoms with Crippen molar-refractivity contribution in [1.29, 1.82) is 0 Å². The Hall–Kier alpha value is -1.46. The van der Waals surface area contributed by atoms with Crippen molar-refractivity contribution in [1.82, 2.24) is 14.8 Å². The molecule has 0 spiro atoms. The fourth-order valence-corrected chi connectivity index (χ4v) is 3.45. The first-order valence-electron chi connectivity index (χ1n) is 7.84. The Morgan fingerprint density at radius 1 is 1.33 bits per heavy atom. The van der Waals surface area contributed by atoms with E-state index in [-0.39, 0.29) is 0 Å². The standard InChI is InChI=1S/C16H22N4S/c1-2-14-10-6-7-11-19(14)12-20-16(21)17-15(18-20)13-8-4-3-5-9-13/h3-5,8-9,14H,2,6-7,10-12H2,1H3,(H,17,18,21)/p+1/t14-/m0/s1. The van der Waals surface area contributed by atoms with Crippen LogP contribution in [0.25, 0.3) is 11.4 Å². The minimum atomic E-state index is 0.654. The van der Waals surface area contributed by atoms with Gasteiger partial charge in [-0.15, -0.1) is 0 Å². The molecule has 1 fully saturated rings. The van der Waals surface area contributed by atoms with Crippen molar-refractivity contribution in [2.75, 3.05) is 6.54 Å². The van der Waals surface area contributed by atoms with Gasteiger partial charge < -0.3 is 4.90 Å². The van der Waals surface area contributed by atoms with Gasteiger partial charge >= 0.3 is 0 Å². The summed E-state index contributed by atoms with van der Waals surface area (Å²) in [6, 6.07) is 10.9. The predicted molar refractivity (Wildman–Crippen MR) is 86.6 cm³/mol. The van der Waals surface area contributed by atoms with Gasteiger partial charge in [0.15, 0.2) is 12.5 Å². The summed E-state index contributed by atoms with van der Waals surface area (Å²) >= 11 is 5.42. The van der Waals surface area contributed by atoms with Crippen LogP contribution in [0.5, 0.6) is 0 Å². The van der Waals surface area contributed by atoms with Crippen LogP contribution in [0.4, 0.5) is 0 Å². The Labute approximate surface area is 130 Å². The number of benzene rings is 1. The van der Waals surface area contributed by atoms with E-state index in [9.17, 15) is 0 Å². The molecule has 3 rings (SSSR count). The highest BCUT2D eigenvalue weighted by atomic mass is 32.1. The maximum atomic E-state index is 5.42. The lowest BCUT2D eigenvalue weighted by molar-refractivity contribution is -0.953. The van der Waals surface area contributed by atoms with Crippen LogP contribution < -0.4 is 4.90 Å². The second kappa shape index (κ2) is 6.54. The third kappa shape index (κ3) is 3.24. The van der Waals surface area contributed by atoms with Gasteiger partial charge in [-0.05, 0) is 37.9 Å². The SMILES string of the molecule is CC[C@H]1CCCC[NH+]1Cn1[nH]c(-c2ccccc2)nc1=S. The lowest BCUT2D eigenvalue weighted by Crippen LogP contribution is -3.15. The van der Waals surface area contributed by atoms with Crippen LogP contribution in [0.2, 0.25) is 0 Å². The molecule has 1 saturated heterocycles. The molecule has 0 aliphatic carbocycles. The Bertz CT molecular complexity index is 631. The van der Waals surface area contributed by atoms with Gasteiger partial charge in [0, 0.05) is 5.56 Å². The molecule has 2 heterocycles. The first-order valence-corrected chi connectivity index (χ1v) is 8.25. The normalized spacial score (nSPS) is 22.3. The van der Waals surface area contributed by atoms with Crippen molar-refractivity contribution in [3.8, 4) is 11.4 Å². The van der Waals surface area contributed by atoms with Crippen LogP contribution in [-0.2, 0) is 6.67 Å². The summed E-state index contributed by atoms with van der Waals surface area (Å²) in [4.78, 5) is 6.13. The minimum absolute atomic E-state index is 0.654. The lowest BCUT2D eigenvalue weighted by atomic mass is 10.0. The summed E-state index contributed by atoms with van der Waals surface area (Å²) in [7, 11) is 0. The Kier molecular flexibility index (Phi) is 4.51. The smallest absolute Gasteiger partial charge is 0.221 e. The summed E-state index contributed by atoms with van der Waals surface area (Å²) < 4.78 is 2.68. The van der Waals surface area contributed by atoms with Gasteiger partial charge in [0.05, 0.1) is 12.6 Å². The van der Waals surface area contributed by atoms with E-state index < -0.39 is 0 Å². The van der Waals surface area contributed by atoms with Crippen LogP contribution in [0.1, 0.15) is 32.6 Å². The highest BCUT2D eigenvalue weighted by Gasteiger charge is 2.25. The van der Waals surface area contributed by atoms with Crippen molar-refractivity contribution < 1.29 is 4.90 Å². The molecule has 1 aromatic carbocycles. The molecule has 1 unspecified atom stereocenters. The highest BCUT2D eigenvalue weighted by Crippen LogP contribution is 2.13.